The van der Waals surface area contributed by atoms with Gasteiger partial charge in [0.1, 0.15) is 5.88 Å². The van der Waals surface area contributed by atoms with E-state index < -0.39 is 0 Å². The van der Waals surface area contributed by atoms with Gasteiger partial charge in [-0.3, -0.25) is 9.48 Å². The average molecular weight is 270 g/mol. The standard InChI is InChI=1S/C13H20ClN3O/c1-13(2,3)17-11-6-4-5-10(9(11)8-15-17)16-12(18)7-14/h8,10H,4-7H2,1-3H3,(H,16,18)/t10-/m1/s1. The van der Waals surface area contributed by atoms with E-state index in [1.165, 1.54) is 5.69 Å². The van der Waals surface area contributed by atoms with E-state index in [0.717, 1.165) is 24.8 Å². The van der Waals surface area contributed by atoms with Crippen LogP contribution in [0.25, 0.3) is 0 Å². The summed E-state index contributed by atoms with van der Waals surface area (Å²) in [5.74, 6) is -0.0998. The molecule has 0 aromatic carbocycles. The van der Waals surface area contributed by atoms with Crippen molar-refractivity contribution >= 4 is 17.5 Å². The molecule has 1 heterocycles. The van der Waals surface area contributed by atoms with Crippen molar-refractivity contribution < 1.29 is 4.79 Å². The van der Waals surface area contributed by atoms with Crippen LogP contribution in [-0.2, 0) is 16.8 Å². The third-order valence-electron chi connectivity index (χ3n) is 3.27. The zero-order chi connectivity index (χ0) is 13.3. The molecular weight excluding hydrogens is 250 g/mol. The Kier molecular flexibility index (Phi) is 3.66. The van der Waals surface area contributed by atoms with Gasteiger partial charge in [-0.2, -0.15) is 5.10 Å². The molecule has 1 aromatic rings. The third kappa shape index (κ3) is 2.53. The summed E-state index contributed by atoms with van der Waals surface area (Å²) in [6.07, 6.45) is 4.95. The number of rotatable bonds is 2. The smallest absolute Gasteiger partial charge is 0.235 e. The van der Waals surface area contributed by atoms with Crippen LogP contribution < -0.4 is 5.32 Å². The van der Waals surface area contributed by atoms with Crippen LogP contribution in [-0.4, -0.2) is 21.6 Å². The number of carbonyl (C=O) groups excluding carboxylic acids is 1. The lowest BCUT2D eigenvalue weighted by atomic mass is 9.92. The molecule has 1 aliphatic rings. The number of fused-ring (bicyclic) bond motifs is 1. The first-order chi connectivity index (χ1) is 8.43. The van der Waals surface area contributed by atoms with Gasteiger partial charge in [-0.25, -0.2) is 0 Å². The van der Waals surface area contributed by atoms with Crippen molar-refractivity contribution in [3.05, 3.63) is 17.5 Å². The fraction of sp³-hybridized carbons (Fsp3) is 0.692. The van der Waals surface area contributed by atoms with E-state index in [1.54, 1.807) is 0 Å². The maximum Gasteiger partial charge on any atom is 0.235 e. The number of aromatic nitrogens is 2. The van der Waals surface area contributed by atoms with Crippen molar-refractivity contribution in [2.24, 2.45) is 0 Å². The molecule has 4 nitrogen and oxygen atoms in total. The van der Waals surface area contributed by atoms with Crippen LogP contribution in [0.2, 0.25) is 0 Å². The molecule has 1 aliphatic carbocycles. The molecule has 100 valence electrons. The molecular formula is C13H20ClN3O. The van der Waals surface area contributed by atoms with Gasteiger partial charge in [-0.05, 0) is 40.0 Å². The first kappa shape index (κ1) is 13.4. The minimum Gasteiger partial charge on any atom is -0.348 e. The first-order valence-electron chi connectivity index (χ1n) is 6.36. The lowest BCUT2D eigenvalue weighted by Gasteiger charge is -2.28. The van der Waals surface area contributed by atoms with Crippen LogP contribution in [0, 0.1) is 0 Å². The summed E-state index contributed by atoms with van der Waals surface area (Å²) < 4.78 is 2.07. The van der Waals surface area contributed by atoms with Gasteiger partial charge in [0.25, 0.3) is 0 Å². The highest BCUT2D eigenvalue weighted by atomic mass is 35.5. The molecule has 1 aromatic heterocycles. The number of nitrogens with zero attached hydrogens (tertiary/aromatic N) is 2. The Morgan fingerprint density at radius 2 is 2.33 bits per heavy atom. The van der Waals surface area contributed by atoms with Crippen molar-refractivity contribution in [1.82, 2.24) is 15.1 Å². The van der Waals surface area contributed by atoms with Crippen LogP contribution >= 0.6 is 11.6 Å². The highest BCUT2D eigenvalue weighted by Crippen LogP contribution is 2.32. The number of alkyl halides is 1. The largest absolute Gasteiger partial charge is 0.348 e. The molecule has 0 unspecified atom stereocenters. The summed E-state index contributed by atoms with van der Waals surface area (Å²) in [5.41, 5.74) is 2.37. The van der Waals surface area contributed by atoms with Gasteiger partial charge in [0.05, 0.1) is 17.8 Å². The molecule has 18 heavy (non-hydrogen) atoms. The summed E-state index contributed by atoms with van der Waals surface area (Å²) in [4.78, 5) is 11.4. The van der Waals surface area contributed by atoms with Crippen LogP contribution in [0.15, 0.2) is 6.20 Å². The minimum atomic E-state index is -0.113. The Hall–Kier alpha value is -1.03. The molecule has 0 fully saturated rings. The summed E-state index contributed by atoms with van der Waals surface area (Å²) in [6.45, 7) is 6.42. The molecule has 1 N–H and O–H groups in total. The number of hydrogen-bond donors (Lipinski definition) is 1. The minimum absolute atomic E-state index is 0.0131. The van der Waals surface area contributed by atoms with Crippen molar-refractivity contribution in [1.29, 1.82) is 0 Å². The van der Waals surface area contributed by atoms with Gasteiger partial charge >= 0.3 is 0 Å². The van der Waals surface area contributed by atoms with Crippen molar-refractivity contribution in [2.75, 3.05) is 5.88 Å². The molecule has 5 heteroatoms. The fourth-order valence-electron chi connectivity index (χ4n) is 2.52. The van der Waals surface area contributed by atoms with Gasteiger partial charge in [0.15, 0.2) is 0 Å². The number of amides is 1. The maximum absolute atomic E-state index is 11.4. The monoisotopic (exact) mass is 269 g/mol. The number of halogens is 1. The Bertz CT molecular complexity index is 448. The Morgan fingerprint density at radius 1 is 1.61 bits per heavy atom. The second kappa shape index (κ2) is 4.92. The molecule has 0 spiro atoms. The van der Waals surface area contributed by atoms with Gasteiger partial charge in [-0.15, -0.1) is 11.6 Å². The molecule has 2 rings (SSSR count). The van der Waals surface area contributed by atoms with E-state index in [2.05, 4.69) is 35.9 Å². The SMILES string of the molecule is CC(C)(C)n1ncc2c1CCC[C@H]2NC(=O)CCl. The molecule has 0 saturated heterocycles. The summed E-state index contributed by atoms with van der Waals surface area (Å²) >= 11 is 5.54. The number of nitrogens with one attached hydrogen (secondary N) is 1. The van der Waals surface area contributed by atoms with Gasteiger partial charge < -0.3 is 5.32 Å². The first-order valence-corrected chi connectivity index (χ1v) is 6.89. The van der Waals surface area contributed by atoms with Crippen LogP contribution in [0.1, 0.15) is 50.9 Å². The zero-order valence-electron chi connectivity index (χ0n) is 11.2. The van der Waals surface area contributed by atoms with Crippen LogP contribution in [0.5, 0.6) is 0 Å². The maximum atomic E-state index is 11.4. The van der Waals surface area contributed by atoms with E-state index in [1.807, 2.05) is 6.20 Å². The van der Waals surface area contributed by atoms with Crippen molar-refractivity contribution in [3.63, 3.8) is 0 Å². The quantitative estimate of drug-likeness (QED) is 0.838. The van der Waals surface area contributed by atoms with E-state index in [9.17, 15) is 4.79 Å². The normalized spacial score (nSPS) is 19.4. The third-order valence-corrected chi connectivity index (χ3v) is 3.52. The number of hydrogen-bond acceptors (Lipinski definition) is 2. The summed E-state index contributed by atoms with van der Waals surface area (Å²) in [6, 6.07) is 0.0658. The zero-order valence-corrected chi connectivity index (χ0v) is 11.9. The molecule has 0 radical (unpaired) electrons. The summed E-state index contributed by atoms with van der Waals surface area (Å²) in [5, 5.41) is 7.45. The lowest BCUT2D eigenvalue weighted by molar-refractivity contribution is -0.119. The summed E-state index contributed by atoms with van der Waals surface area (Å²) in [7, 11) is 0. The van der Waals surface area contributed by atoms with Crippen LogP contribution in [0.4, 0.5) is 0 Å². The Balaban J connectivity index is 2.29. The van der Waals surface area contributed by atoms with Gasteiger partial charge in [-0.1, -0.05) is 0 Å². The van der Waals surface area contributed by atoms with Gasteiger partial charge in [0.2, 0.25) is 5.91 Å². The Morgan fingerprint density at radius 3 is 2.94 bits per heavy atom. The molecule has 0 aliphatic heterocycles. The van der Waals surface area contributed by atoms with E-state index in [4.69, 9.17) is 11.6 Å². The predicted octanol–water partition coefficient (Wildman–Crippen LogP) is 2.37. The van der Waals surface area contributed by atoms with Crippen molar-refractivity contribution in [2.45, 2.75) is 51.6 Å². The molecule has 0 saturated carbocycles. The lowest BCUT2D eigenvalue weighted by Crippen LogP contribution is -2.33. The molecule has 0 bridgehead atoms. The topological polar surface area (TPSA) is 46.9 Å². The highest BCUT2D eigenvalue weighted by molar-refractivity contribution is 6.27. The fourth-order valence-corrected chi connectivity index (χ4v) is 2.59. The van der Waals surface area contributed by atoms with E-state index in [-0.39, 0.29) is 23.4 Å². The second-order valence-electron chi connectivity index (χ2n) is 5.78. The Labute approximate surface area is 113 Å². The van der Waals surface area contributed by atoms with Crippen LogP contribution in [0.3, 0.4) is 0 Å². The molecule has 1 atom stereocenters. The average Bonchev–Trinajstić information content (AvgIpc) is 2.73. The van der Waals surface area contributed by atoms with Crippen molar-refractivity contribution in [3.8, 4) is 0 Å². The van der Waals surface area contributed by atoms with Gasteiger partial charge in [0, 0.05) is 11.3 Å². The van der Waals surface area contributed by atoms with E-state index >= 15 is 0 Å². The van der Waals surface area contributed by atoms with E-state index in [0.29, 0.717) is 0 Å². The molecule has 1 amide bonds. The number of carbonyl (C=O) groups is 1. The predicted molar refractivity (Wildman–Crippen MR) is 71.8 cm³/mol. The second-order valence-corrected chi connectivity index (χ2v) is 6.04. The highest BCUT2D eigenvalue weighted by Gasteiger charge is 2.28.